The topological polar surface area (TPSA) is 62.2 Å². The van der Waals surface area contributed by atoms with Gasteiger partial charge in [-0.05, 0) is 6.92 Å². The number of benzene rings is 1. The Labute approximate surface area is 94.4 Å². The summed E-state index contributed by atoms with van der Waals surface area (Å²) in [5.41, 5.74) is 2.43. The van der Waals surface area contributed by atoms with Crippen molar-refractivity contribution in [1.82, 2.24) is 0 Å². The van der Waals surface area contributed by atoms with E-state index in [1.54, 1.807) is 0 Å². The number of hydrogen-bond donors (Lipinski definition) is 2. The van der Waals surface area contributed by atoms with Crippen LogP contribution in [0.3, 0.4) is 0 Å². The van der Waals surface area contributed by atoms with Crippen molar-refractivity contribution >= 4 is 0 Å². The molecule has 1 aliphatic rings. The zero-order valence-corrected chi connectivity index (χ0v) is 9.27. The van der Waals surface area contributed by atoms with Crippen LogP contribution in [0.1, 0.15) is 16.7 Å². The Morgan fingerprint density at radius 3 is 2.31 bits per heavy atom. The fourth-order valence-electron chi connectivity index (χ4n) is 1.69. The summed E-state index contributed by atoms with van der Waals surface area (Å²) < 4.78 is 10.6. The average Bonchev–Trinajstić information content (AvgIpc) is 3.10. The lowest BCUT2D eigenvalue weighted by molar-refractivity contribution is 0.230. The first-order valence-corrected chi connectivity index (χ1v) is 5.33. The molecule has 1 heterocycles. The van der Waals surface area contributed by atoms with Gasteiger partial charge in [-0.15, -0.1) is 0 Å². The number of aliphatic hydroxyl groups excluding tert-OH is 2. The molecule has 16 heavy (non-hydrogen) atoms. The molecule has 0 saturated carbocycles. The van der Waals surface area contributed by atoms with Crippen LogP contribution in [0.2, 0.25) is 0 Å². The second-order valence-electron chi connectivity index (χ2n) is 3.99. The number of aliphatic hydroxyl groups is 2. The number of aryl methyl sites for hydroxylation is 1. The first-order chi connectivity index (χ1) is 7.74. The predicted octanol–water partition coefficient (Wildman–Crippen LogP) is 0.757. The van der Waals surface area contributed by atoms with Crippen molar-refractivity contribution in [3.8, 4) is 5.75 Å². The Morgan fingerprint density at radius 1 is 1.31 bits per heavy atom. The summed E-state index contributed by atoms with van der Waals surface area (Å²) in [5, 5.41) is 18.5. The number of ether oxygens (including phenoxy) is 2. The summed E-state index contributed by atoms with van der Waals surface area (Å²) >= 11 is 0. The second kappa shape index (κ2) is 4.82. The molecule has 0 radical (unpaired) electrons. The SMILES string of the molecule is Cc1cc(CO)c(OCC2CO2)c(CO)c1. The van der Waals surface area contributed by atoms with Gasteiger partial charge in [0.1, 0.15) is 18.5 Å². The highest BCUT2D eigenvalue weighted by molar-refractivity contribution is 5.44. The van der Waals surface area contributed by atoms with Crippen LogP contribution in [-0.4, -0.2) is 29.5 Å². The van der Waals surface area contributed by atoms with E-state index in [2.05, 4.69) is 0 Å². The van der Waals surface area contributed by atoms with E-state index in [9.17, 15) is 10.2 Å². The summed E-state index contributed by atoms with van der Waals surface area (Å²) in [4.78, 5) is 0. The van der Waals surface area contributed by atoms with E-state index in [1.807, 2.05) is 19.1 Å². The molecule has 1 aromatic carbocycles. The van der Waals surface area contributed by atoms with Gasteiger partial charge in [-0.3, -0.25) is 0 Å². The maximum absolute atomic E-state index is 9.25. The molecule has 2 rings (SSSR count). The summed E-state index contributed by atoms with van der Waals surface area (Å²) in [6, 6.07) is 3.73. The van der Waals surface area contributed by atoms with Gasteiger partial charge in [0.05, 0.1) is 19.8 Å². The number of hydrogen-bond acceptors (Lipinski definition) is 4. The first kappa shape index (κ1) is 11.4. The predicted molar refractivity (Wildman–Crippen MR) is 58.3 cm³/mol. The minimum absolute atomic E-state index is 0.0878. The van der Waals surface area contributed by atoms with Crippen LogP contribution in [0.25, 0.3) is 0 Å². The monoisotopic (exact) mass is 224 g/mol. The molecule has 88 valence electrons. The Hall–Kier alpha value is -1.10. The molecule has 1 aliphatic heterocycles. The maximum Gasteiger partial charge on any atom is 0.130 e. The summed E-state index contributed by atoms with van der Waals surface area (Å²) in [6.07, 6.45) is 0.166. The highest BCUT2D eigenvalue weighted by Gasteiger charge is 2.24. The Kier molecular flexibility index (Phi) is 3.43. The molecule has 1 atom stereocenters. The molecule has 4 nitrogen and oxygen atoms in total. The van der Waals surface area contributed by atoms with Crippen LogP contribution >= 0.6 is 0 Å². The van der Waals surface area contributed by atoms with E-state index in [0.29, 0.717) is 23.5 Å². The van der Waals surface area contributed by atoms with E-state index in [-0.39, 0.29) is 19.3 Å². The highest BCUT2D eigenvalue weighted by Crippen LogP contribution is 2.27. The minimum atomic E-state index is -0.0878. The van der Waals surface area contributed by atoms with Gasteiger partial charge in [-0.2, -0.15) is 0 Å². The van der Waals surface area contributed by atoms with Gasteiger partial charge in [0, 0.05) is 11.1 Å². The molecule has 2 N–H and O–H groups in total. The zero-order chi connectivity index (χ0) is 11.5. The number of rotatable bonds is 5. The van der Waals surface area contributed by atoms with Gasteiger partial charge < -0.3 is 19.7 Å². The van der Waals surface area contributed by atoms with Crippen LogP contribution in [0.4, 0.5) is 0 Å². The van der Waals surface area contributed by atoms with Crippen molar-refractivity contribution in [2.75, 3.05) is 13.2 Å². The van der Waals surface area contributed by atoms with Gasteiger partial charge in [-0.1, -0.05) is 17.7 Å². The van der Waals surface area contributed by atoms with Crippen molar-refractivity contribution < 1.29 is 19.7 Å². The largest absolute Gasteiger partial charge is 0.490 e. The molecule has 0 aliphatic carbocycles. The summed E-state index contributed by atoms with van der Waals surface area (Å²) in [7, 11) is 0. The van der Waals surface area contributed by atoms with E-state index < -0.39 is 0 Å². The third-order valence-electron chi connectivity index (χ3n) is 2.54. The average molecular weight is 224 g/mol. The van der Waals surface area contributed by atoms with Crippen LogP contribution in [-0.2, 0) is 18.0 Å². The summed E-state index contributed by atoms with van der Waals surface area (Å²) in [6.45, 7) is 2.95. The van der Waals surface area contributed by atoms with Crippen LogP contribution < -0.4 is 4.74 Å². The number of epoxide rings is 1. The Balaban J connectivity index is 2.22. The van der Waals surface area contributed by atoms with Gasteiger partial charge in [0.15, 0.2) is 0 Å². The lowest BCUT2D eigenvalue weighted by atomic mass is 10.1. The first-order valence-electron chi connectivity index (χ1n) is 5.33. The third kappa shape index (κ3) is 2.52. The second-order valence-corrected chi connectivity index (χ2v) is 3.99. The molecule has 0 amide bonds. The third-order valence-corrected chi connectivity index (χ3v) is 2.54. The molecule has 1 fully saturated rings. The fourth-order valence-corrected chi connectivity index (χ4v) is 1.69. The van der Waals surface area contributed by atoms with E-state index >= 15 is 0 Å². The van der Waals surface area contributed by atoms with E-state index in [4.69, 9.17) is 9.47 Å². The van der Waals surface area contributed by atoms with Gasteiger partial charge in [0.25, 0.3) is 0 Å². The van der Waals surface area contributed by atoms with Gasteiger partial charge in [-0.25, -0.2) is 0 Å². The molecule has 0 bridgehead atoms. The van der Waals surface area contributed by atoms with Crippen LogP contribution in [0, 0.1) is 6.92 Å². The lowest BCUT2D eigenvalue weighted by Gasteiger charge is -2.14. The smallest absolute Gasteiger partial charge is 0.130 e. The molecule has 1 unspecified atom stereocenters. The van der Waals surface area contributed by atoms with E-state index in [1.165, 1.54) is 0 Å². The molecule has 0 spiro atoms. The molecule has 4 heteroatoms. The zero-order valence-electron chi connectivity index (χ0n) is 9.27. The minimum Gasteiger partial charge on any atom is -0.490 e. The van der Waals surface area contributed by atoms with Crippen molar-refractivity contribution in [3.63, 3.8) is 0 Å². The molecule has 1 saturated heterocycles. The van der Waals surface area contributed by atoms with Gasteiger partial charge in [0.2, 0.25) is 0 Å². The van der Waals surface area contributed by atoms with Crippen molar-refractivity contribution in [2.45, 2.75) is 26.2 Å². The maximum atomic E-state index is 9.25. The van der Waals surface area contributed by atoms with E-state index in [0.717, 1.165) is 12.2 Å². The van der Waals surface area contributed by atoms with Crippen molar-refractivity contribution in [3.05, 3.63) is 28.8 Å². The van der Waals surface area contributed by atoms with Gasteiger partial charge >= 0.3 is 0 Å². The fraction of sp³-hybridized carbons (Fsp3) is 0.500. The lowest BCUT2D eigenvalue weighted by Crippen LogP contribution is -2.08. The van der Waals surface area contributed by atoms with Crippen molar-refractivity contribution in [2.24, 2.45) is 0 Å². The normalized spacial score (nSPS) is 18.6. The standard InChI is InChI=1S/C12H16O4/c1-8-2-9(4-13)12(10(3-8)5-14)16-7-11-6-15-11/h2-3,11,13-14H,4-7H2,1H3. The molecular weight excluding hydrogens is 208 g/mol. The quantitative estimate of drug-likeness (QED) is 0.725. The Bertz CT molecular complexity index is 346. The highest BCUT2D eigenvalue weighted by atomic mass is 16.6. The van der Waals surface area contributed by atoms with Crippen molar-refractivity contribution in [1.29, 1.82) is 0 Å². The molecule has 0 aromatic heterocycles. The molecule has 1 aromatic rings. The molecular formula is C12H16O4. The van der Waals surface area contributed by atoms with Crippen LogP contribution in [0.15, 0.2) is 12.1 Å². The summed E-state index contributed by atoms with van der Waals surface area (Å²) in [5.74, 6) is 0.589. The Morgan fingerprint density at radius 2 is 1.88 bits per heavy atom. The van der Waals surface area contributed by atoms with Crippen LogP contribution in [0.5, 0.6) is 5.75 Å².